The number of nitrogens with one attached hydrogen (secondary N) is 1. The molecule has 188 valence electrons. The number of carbonyl (C=O) groups is 1. The van der Waals surface area contributed by atoms with Gasteiger partial charge in [-0.25, -0.2) is 0 Å². The Morgan fingerprint density at radius 1 is 1.23 bits per heavy atom. The number of hydrogen-bond acceptors (Lipinski definition) is 6. The van der Waals surface area contributed by atoms with Crippen LogP contribution in [0.15, 0.2) is 24.3 Å². The first-order valence-electron chi connectivity index (χ1n) is 12.9. The molecule has 2 heterocycles. The van der Waals surface area contributed by atoms with Crippen molar-refractivity contribution in [1.29, 1.82) is 5.26 Å². The van der Waals surface area contributed by atoms with E-state index in [9.17, 15) is 10.1 Å². The van der Waals surface area contributed by atoms with E-state index in [1.165, 1.54) is 4.88 Å². The predicted molar refractivity (Wildman–Crippen MR) is 144 cm³/mol. The zero-order valence-electron chi connectivity index (χ0n) is 21.5. The van der Waals surface area contributed by atoms with E-state index < -0.39 is 0 Å². The van der Waals surface area contributed by atoms with Crippen LogP contribution in [0.4, 0.5) is 10.7 Å². The number of piperazine rings is 1. The van der Waals surface area contributed by atoms with Gasteiger partial charge in [-0.3, -0.25) is 9.69 Å². The number of anilines is 2. The fourth-order valence-corrected chi connectivity index (χ4v) is 6.55. The van der Waals surface area contributed by atoms with Crippen LogP contribution in [-0.4, -0.2) is 50.1 Å². The third kappa shape index (κ3) is 5.65. The van der Waals surface area contributed by atoms with Crippen LogP contribution in [0, 0.1) is 22.7 Å². The van der Waals surface area contributed by atoms with Crippen LogP contribution in [0.5, 0.6) is 5.75 Å². The Morgan fingerprint density at radius 3 is 2.66 bits per heavy atom. The van der Waals surface area contributed by atoms with Gasteiger partial charge >= 0.3 is 0 Å². The summed E-state index contributed by atoms with van der Waals surface area (Å²) < 4.78 is 5.79. The Morgan fingerprint density at radius 2 is 1.97 bits per heavy atom. The van der Waals surface area contributed by atoms with E-state index in [1.807, 2.05) is 25.1 Å². The van der Waals surface area contributed by atoms with Gasteiger partial charge in [0.05, 0.1) is 24.4 Å². The van der Waals surface area contributed by atoms with Crippen molar-refractivity contribution in [3.05, 3.63) is 40.3 Å². The number of rotatable bonds is 8. The van der Waals surface area contributed by atoms with E-state index in [1.54, 1.807) is 11.3 Å². The third-order valence-corrected chi connectivity index (χ3v) is 9.06. The summed E-state index contributed by atoms with van der Waals surface area (Å²) in [5.74, 6) is 1.50. The van der Waals surface area contributed by atoms with E-state index in [0.29, 0.717) is 30.0 Å². The largest absolute Gasteiger partial charge is 0.492 e. The third-order valence-electron chi connectivity index (χ3n) is 7.89. The van der Waals surface area contributed by atoms with Crippen LogP contribution in [0.2, 0.25) is 0 Å². The highest BCUT2D eigenvalue weighted by molar-refractivity contribution is 7.16. The number of para-hydroxylation sites is 2. The maximum atomic E-state index is 12.9. The summed E-state index contributed by atoms with van der Waals surface area (Å²) in [7, 11) is 0. The Balaban J connectivity index is 1.35. The van der Waals surface area contributed by atoms with Crippen LogP contribution in [-0.2, 0) is 17.6 Å². The lowest BCUT2D eigenvalue weighted by Crippen LogP contribution is -2.48. The first-order valence-corrected chi connectivity index (χ1v) is 13.7. The second-order valence-electron chi connectivity index (χ2n) is 10.3. The Hall–Kier alpha value is -2.56. The molecular weight excluding hydrogens is 456 g/mol. The van der Waals surface area contributed by atoms with Crippen LogP contribution in [0.25, 0.3) is 0 Å². The van der Waals surface area contributed by atoms with E-state index in [4.69, 9.17) is 4.74 Å². The van der Waals surface area contributed by atoms with Gasteiger partial charge in [0.1, 0.15) is 16.8 Å². The maximum Gasteiger partial charge on any atom is 0.239 e. The molecule has 2 aliphatic rings. The molecule has 2 aromatic rings. The average molecular weight is 495 g/mol. The van der Waals surface area contributed by atoms with Gasteiger partial charge < -0.3 is 15.0 Å². The van der Waals surface area contributed by atoms with Gasteiger partial charge in [-0.15, -0.1) is 11.3 Å². The molecule has 0 spiro atoms. The molecule has 1 atom stereocenters. The number of amides is 1. The van der Waals surface area contributed by atoms with Gasteiger partial charge in [-0.1, -0.05) is 39.3 Å². The minimum atomic E-state index is -0.0336. The van der Waals surface area contributed by atoms with E-state index in [0.717, 1.165) is 73.9 Å². The number of hydrogen-bond donors (Lipinski definition) is 1. The summed E-state index contributed by atoms with van der Waals surface area (Å²) in [6, 6.07) is 10.5. The molecule has 0 saturated carbocycles. The smallest absolute Gasteiger partial charge is 0.239 e. The number of fused-ring (bicyclic) bond motifs is 1. The molecule has 1 fully saturated rings. The molecule has 1 N–H and O–H groups in total. The van der Waals surface area contributed by atoms with Gasteiger partial charge in [-0.05, 0) is 55.2 Å². The summed E-state index contributed by atoms with van der Waals surface area (Å²) in [6.07, 6.45) is 4.21. The summed E-state index contributed by atoms with van der Waals surface area (Å²) in [4.78, 5) is 18.7. The van der Waals surface area contributed by atoms with Crippen molar-refractivity contribution in [1.82, 2.24) is 4.90 Å². The lowest BCUT2D eigenvalue weighted by Gasteiger charge is -2.36. The standard InChI is InChI=1S/C28H38N4O2S/c1-5-28(3,4)20-11-12-21-22(18-29)27(35-25(21)17-20)30-26(33)19-31-13-15-32(16-14-31)23-9-7-8-10-24(23)34-6-2/h7-10,20H,5-6,11-17,19H2,1-4H3,(H,30,33). The van der Waals surface area contributed by atoms with Crippen molar-refractivity contribution in [3.8, 4) is 11.8 Å². The Kier molecular flexibility index (Phi) is 8.03. The maximum absolute atomic E-state index is 12.9. The van der Waals surface area contributed by atoms with Crippen LogP contribution < -0.4 is 15.0 Å². The molecule has 1 unspecified atom stereocenters. The minimum absolute atomic E-state index is 0.0336. The second kappa shape index (κ2) is 11.0. The molecule has 35 heavy (non-hydrogen) atoms. The first kappa shape index (κ1) is 25.5. The van der Waals surface area contributed by atoms with E-state index in [-0.39, 0.29) is 5.91 Å². The van der Waals surface area contributed by atoms with Crippen molar-refractivity contribution in [2.45, 2.75) is 53.4 Å². The zero-order valence-corrected chi connectivity index (χ0v) is 22.3. The zero-order chi connectivity index (χ0) is 25.0. The number of nitrogens with zero attached hydrogens (tertiary/aromatic N) is 3. The molecule has 6 nitrogen and oxygen atoms in total. The predicted octanol–water partition coefficient (Wildman–Crippen LogP) is 5.32. The highest BCUT2D eigenvalue weighted by Crippen LogP contribution is 2.45. The van der Waals surface area contributed by atoms with E-state index in [2.05, 4.69) is 48.0 Å². The molecule has 1 aromatic heterocycles. The Bertz CT molecular complexity index is 1080. The molecule has 0 bridgehead atoms. The van der Waals surface area contributed by atoms with Crippen molar-refractivity contribution in [2.75, 3.05) is 49.5 Å². The highest BCUT2D eigenvalue weighted by Gasteiger charge is 2.34. The van der Waals surface area contributed by atoms with Gasteiger partial charge in [0, 0.05) is 31.1 Å². The number of carbonyl (C=O) groups excluding carboxylic acids is 1. The van der Waals surface area contributed by atoms with Crippen LogP contribution in [0.3, 0.4) is 0 Å². The molecule has 7 heteroatoms. The van der Waals surface area contributed by atoms with Crippen molar-refractivity contribution >= 4 is 27.9 Å². The fraction of sp³-hybridized carbons (Fsp3) is 0.571. The second-order valence-corrected chi connectivity index (χ2v) is 11.4. The highest BCUT2D eigenvalue weighted by atomic mass is 32.1. The van der Waals surface area contributed by atoms with E-state index >= 15 is 0 Å². The summed E-state index contributed by atoms with van der Waals surface area (Å²) >= 11 is 1.62. The Labute approximate surface area is 213 Å². The molecule has 1 aromatic carbocycles. The molecule has 1 saturated heterocycles. The topological polar surface area (TPSA) is 68.6 Å². The number of thiophene rings is 1. The van der Waals surface area contributed by atoms with Gasteiger partial charge in [-0.2, -0.15) is 5.26 Å². The van der Waals surface area contributed by atoms with Crippen molar-refractivity contribution in [3.63, 3.8) is 0 Å². The number of ether oxygens (including phenoxy) is 1. The fourth-order valence-electron chi connectivity index (χ4n) is 5.26. The van der Waals surface area contributed by atoms with Crippen molar-refractivity contribution < 1.29 is 9.53 Å². The number of nitriles is 1. The van der Waals surface area contributed by atoms with Gasteiger partial charge in [0.15, 0.2) is 0 Å². The van der Waals surface area contributed by atoms with Gasteiger partial charge in [0.2, 0.25) is 5.91 Å². The summed E-state index contributed by atoms with van der Waals surface area (Å²) in [5.41, 5.74) is 3.26. The molecule has 1 aliphatic heterocycles. The SMILES string of the molecule is CCOc1ccccc1N1CCN(CC(=O)Nc2sc3c(c2C#N)CCC(C(C)(C)CC)C3)CC1. The normalized spacial score (nSPS) is 18.6. The molecule has 0 radical (unpaired) electrons. The monoisotopic (exact) mass is 494 g/mol. The average Bonchev–Trinajstić information content (AvgIpc) is 3.21. The number of benzene rings is 1. The van der Waals surface area contributed by atoms with Crippen LogP contribution >= 0.6 is 11.3 Å². The van der Waals surface area contributed by atoms with Gasteiger partial charge in [0.25, 0.3) is 0 Å². The molecular formula is C28H38N4O2S. The minimum Gasteiger partial charge on any atom is -0.492 e. The molecule has 1 amide bonds. The quantitative estimate of drug-likeness (QED) is 0.538. The lowest BCUT2D eigenvalue weighted by molar-refractivity contribution is -0.117. The summed E-state index contributed by atoms with van der Waals surface area (Å²) in [6.45, 7) is 13.3. The lowest BCUT2D eigenvalue weighted by atomic mass is 9.69. The summed E-state index contributed by atoms with van der Waals surface area (Å²) in [5, 5.41) is 13.7. The first-order chi connectivity index (χ1) is 16.9. The van der Waals surface area contributed by atoms with Crippen molar-refractivity contribution in [2.24, 2.45) is 11.3 Å². The molecule has 4 rings (SSSR count). The van der Waals surface area contributed by atoms with Crippen LogP contribution in [0.1, 0.15) is 56.5 Å². The molecule has 1 aliphatic carbocycles.